The number of rotatable bonds is 5. The van der Waals surface area contributed by atoms with E-state index in [1.807, 2.05) is 6.26 Å². The van der Waals surface area contributed by atoms with E-state index < -0.39 is 0 Å². The average molecular weight is 272 g/mol. The summed E-state index contributed by atoms with van der Waals surface area (Å²) in [7, 11) is 0. The Kier molecular flexibility index (Phi) is 5.70. The van der Waals surface area contributed by atoms with Crippen LogP contribution >= 0.6 is 11.8 Å². The van der Waals surface area contributed by atoms with E-state index in [4.69, 9.17) is 4.74 Å². The van der Waals surface area contributed by atoms with Crippen LogP contribution in [0.4, 0.5) is 0 Å². The second kappa shape index (κ2) is 7.05. The van der Waals surface area contributed by atoms with Crippen molar-refractivity contribution < 1.29 is 19.1 Å². The molecule has 1 aliphatic rings. The molecule has 0 radical (unpaired) electrons. The van der Waals surface area contributed by atoms with Gasteiger partial charge in [-0.1, -0.05) is 0 Å². The van der Waals surface area contributed by atoms with Gasteiger partial charge in [-0.25, -0.2) is 0 Å². The van der Waals surface area contributed by atoms with Crippen LogP contribution in [0.3, 0.4) is 0 Å². The molecule has 1 rings (SSSR count). The highest BCUT2D eigenvalue weighted by Gasteiger charge is 2.22. The summed E-state index contributed by atoms with van der Waals surface area (Å²) in [6.45, 7) is 1.53. The van der Waals surface area contributed by atoms with Crippen molar-refractivity contribution in [1.82, 2.24) is 10.6 Å². The van der Waals surface area contributed by atoms with Crippen LogP contribution in [0.25, 0.3) is 0 Å². The Bertz CT molecular complexity index is 393. The van der Waals surface area contributed by atoms with Gasteiger partial charge in [0, 0.05) is 19.1 Å². The summed E-state index contributed by atoms with van der Waals surface area (Å²) < 4.78 is 4.84. The van der Waals surface area contributed by atoms with E-state index in [9.17, 15) is 14.4 Å². The Morgan fingerprint density at radius 1 is 1.44 bits per heavy atom. The van der Waals surface area contributed by atoms with Gasteiger partial charge in [0.05, 0.1) is 13.2 Å². The molecule has 0 aromatic carbocycles. The first-order valence-electron chi connectivity index (χ1n) is 5.47. The third-order valence-corrected chi connectivity index (χ3v) is 2.92. The van der Waals surface area contributed by atoms with Gasteiger partial charge in [-0.2, -0.15) is 11.8 Å². The summed E-state index contributed by atoms with van der Waals surface area (Å²) >= 11 is 1.54. The molecule has 0 saturated carbocycles. The van der Waals surface area contributed by atoms with Crippen molar-refractivity contribution in [1.29, 1.82) is 0 Å². The summed E-state index contributed by atoms with van der Waals surface area (Å²) in [5.74, 6) is -0.289. The Morgan fingerprint density at radius 3 is 2.78 bits per heavy atom. The fraction of sp³-hybridized carbons (Fsp3) is 0.545. The number of nitrogens with one attached hydrogen (secondary N) is 2. The number of carbonyl (C=O) groups is 3. The number of esters is 1. The lowest BCUT2D eigenvalue weighted by Gasteiger charge is -2.20. The minimum Gasteiger partial charge on any atom is -0.466 e. The lowest BCUT2D eigenvalue weighted by molar-refractivity contribution is -0.140. The number of thioether (sulfide) groups is 1. The van der Waals surface area contributed by atoms with E-state index in [-0.39, 0.29) is 36.6 Å². The van der Waals surface area contributed by atoms with Gasteiger partial charge in [-0.15, -0.1) is 0 Å². The molecule has 2 N–H and O–H groups in total. The fourth-order valence-electron chi connectivity index (χ4n) is 1.50. The van der Waals surface area contributed by atoms with Crippen LogP contribution < -0.4 is 10.6 Å². The molecular weight excluding hydrogens is 256 g/mol. The minimum atomic E-state index is -0.361. The molecule has 0 atom stereocenters. The fourth-order valence-corrected chi connectivity index (χ4v) is 2.14. The number of carbonyl (C=O) groups excluding carboxylic acids is 3. The molecule has 0 bridgehead atoms. The van der Waals surface area contributed by atoms with Gasteiger partial charge in [0.25, 0.3) is 5.91 Å². The monoisotopic (exact) mass is 272 g/mol. The summed E-state index contributed by atoms with van der Waals surface area (Å²) in [5.41, 5.74) is 1.06. The zero-order valence-corrected chi connectivity index (χ0v) is 11.2. The molecule has 1 saturated heterocycles. The molecule has 1 heterocycles. The average Bonchev–Trinajstić information content (AvgIpc) is 2.31. The maximum atomic E-state index is 11.7. The normalized spacial score (nSPS) is 17.9. The summed E-state index contributed by atoms with van der Waals surface area (Å²) in [6.07, 6.45) is 2.33. The van der Waals surface area contributed by atoms with Gasteiger partial charge in [-0.05, 0) is 11.8 Å². The van der Waals surface area contributed by atoms with Crippen molar-refractivity contribution in [3.05, 3.63) is 11.3 Å². The SMILES string of the molecule is CSC/C(CCOC(C)=O)=C1/NC(=O)CNC1=O. The van der Waals surface area contributed by atoms with Gasteiger partial charge in [0.2, 0.25) is 5.91 Å². The highest BCUT2D eigenvalue weighted by Crippen LogP contribution is 2.14. The molecule has 0 unspecified atom stereocenters. The topological polar surface area (TPSA) is 84.5 Å². The number of ether oxygens (including phenoxy) is 1. The van der Waals surface area contributed by atoms with E-state index in [1.165, 1.54) is 18.7 Å². The van der Waals surface area contributed by atoms with E-state index in [0.717, 1.165) is 5.57 Å². The number of piperazine rings is 1. The molecule has 18 heavy (non-hydrogen) atoms. The first-order chi connectivity index (χ1) is 8.54. The number of amides is 2. The summed E-state index contributed by atoms with van der Waals surface area (Å²) in [4.78, 5) is 33.6. The molecule has 2 amide bonds. The second-order valence-corrected chi connectivity index (χ2v) is 4.60. The molecular formula is C11H16N2O4S. The first kappa shape index (κ1) is 14.6. The summed E-state index contributed by atoms with van der Waals surface area (Å²) in [6, 6.07) is 0. The molecule has 0 aromatic rings. The minimum absolute atomic E-state index is 0.00116. The van der Waals surface area contributed by atoms with Crippen LogP contribution in [0.15, 0.2) is 11.3 Å². The lowest BCUT2D eigenvalue weighted by atomic mass is 10.1. The molecule has 0 aromatic heterocycles. The van der Waals surface area contributed by atoms with Crippen molar-refractivity contribution in [2.24, 2.45) is 0 Å². The predicted molar refractivity (Wildman–Crippen MR) is 67.8 cm³/mol. The van der Waals surface area contributed by atoms with Crippen LogP contribution in [-0.2, 0) is 19.1 Å². The standard InChI is InChI=1S/C11H16N2O4S/c1-7(14)17-4-3-8(6-18-2)10-11(16)12-5-9(15)13-10/h3-6H2,1-2H3,(H,12,16)(H,13,15)/b10-8+. The van der Waals surface area contributed by atoms with Gasteiger partial charge in [0.15, 0.2) is 0 Å². The molecule has 0 spiro atoms. The Balaban J connectivity index is 2.75. The highest BCUT2D eigenvalue weighted by atomic mass is 32.2. The largest absolute Gasteiger partial charge is 0.466 e. The van der Waals surface area contributed by atoms with E-state index >= 15 is 0 Å². The van der Waals surface area contributed by atoms with Crippen LogP contribution in [-0.4, -0.2) is 42.9 Å². The van der Waals surface area contributed by atoms with E-state index in [0.29, 0.717) is 12.2 Å². The zero-order valence-electron chi connectivity index (χ0n) is 10.4. The van der Waals surface area contributed by atoms with Crippen LogP contribution in [0.1, 0.15) is 13.3 Å². The van der Waals surface area contributed by atoms with Crippen molar-refractivity contribution >= 4 is 29.5 Å². The maximum Gasteiger partial charge on any atom is 0.302 e. The third-order valence-electron chi connectivity index (χ3n) is 2.28. The highest BCUT2D eigenvalue weighted by molar-refractivity contribution is 7.98. The molecule has 0 aliphatic carbocycles. The van der Waals surface area contributed by atoms with Crippen molar-refractivity contribution in [3.63, 3.8) is 0 Å². The Morgan fingerprint density at radius 2 is 2.17 bits per heavy atom. The maximum absolute atomic E-state index is 11.7. The molecule has 6 nitrogen and oxygen atoms in total. The quantitative estimate of drug-likeness (QED) is 0.535. The van der Waals surface area contributed by atoms with Gasteiger partial charge >= 0.3 is 5.97 Å². The van der Waals surface area contributed by atoms with Crippen LogP contribution in [0.5, 0.6) is 0 Å². The third kappa shape index (κ3) is 4.40. The van der Waals surface area contributed by atoms with Crippen LogP contribution in [0, 0.1) is 0 Å². The Labute approximate surface area is 110 Å². The zero-order chi connectivity index (χ0) is 13.5. The van der Waals surface area contributed by atoms with E-state index in [2.05, 4.69) is 10.6 Å². The second-order valence-electron chi connectivity index (χ2n) is 3.73. The van der Waals surface area contributed by atoms with Crippen molar-refractivity contribution in [3.8, 4) is 0 Å². The van der Waals surface area contributed by atoms with Gasteiger partial charge in [0.1, 0.15) is 5.70 Å². The number of hydrogen-bond acceptors (Lipinski definition) is 5. The van der Waals surface area contributed by atoms with Crippen molar-refractivity contribution in [2.75, 3.05) is 25.2 Å². The number of hydrogen-bond donors (Lipinski definition) is 2. The first-order valence-corrected chi connectivity index (χ1v) is 6.86. The van der Waals surface area contributed by atoms with Crippen molar-refractivity contribution in [2.45, 2.75) is 13.3 Å². The van der Waals surface area contributed by atoms with Gasteiger partial charge in [-0.3, -0.25) is 14.4 Å². The lowest BCUT2D eigenvalue weighted by Crippen LogP contribution is -2.48. The predicted octanol–water partition coefficient (Wildman–Crippen LogP) is -0.197. The molecule has 1 aliphatic heterocycles. The molecule has 100 valence electrons. The summed E-state index contributed by atoms with van der Waals surface area (Å²) in [5, 5.41) is 5.06. The molecule has 7 heteroatoms. The van der Waals surface area contributed by atoms with Gasteiger partial charge < -0.3 is 15.4 Å². The van der Waals surface area contributed by atoms with E-state index in [1.54, 1.807) is 0 Å². The van der Waals surface area contributed by atoms with Crippen LogP contribution in [0.2, 0.25) is 0 Å². The molecule has 1 fully saturated rings. The Hall–Kier alpha value is -1.50. The smallest absolute Gasteiger partial charge is 0.302 e.